The highest BCUT2D eigenvalue weighted by atomic mass is 15.1. The second-order valence-electron chi connectivity index (χ2n) is 5.02. The lowest BCUT2D eigenvalue weighted by Crippen LogP contribution is -2.37. The largest absolute Gasteiger partial charge is 0.247 e. The van der Waals surface area contributed by atoms with Gasteiger partial charge in [0.15, 0.2) is 0 Å². The van der Waals surface area contributed by atoms with Gasteiger partial charge in [0.1, 0.15) is 11.4 Å². The number of rotatable bonds is 2. The Morgan fingerprint density at radius 1 is 1.36 bits per heavy atom. The third kappa shape index (κ3) is 1.37. The van der Waals surface area contributed by atoms with Crippen molar-refractivity contribution in [2.24, 2.45) is 5.92 Å². The highest BCUT2D eigenvalue weighted by Crippen LogP contribution is 2.35. The molecule has 1 aliphatic rings. The van der Waals surface area contributed by atoms with Crippen molar-refractivity contribution in [2.45, 2.75) is 52.5 Å². The summed E-state index contributed by atoms with van der Waals surface area (Å²) in [6.07, 6.45) is 4.72. The average Bonchev–Trinajstić information content (AvgIpc) is 2.59. The lowest BCUT2D eigenvalue weighted by molar-refractivity contribution is -0.721. The molecule has 0 bridgehead atoms. The van der Waals surface area contributed by atoms with Crippen LogP contribution in [-0.4, -0.2) is 4.98 Å². The van der Waals surface area contributed by atoms with Gasteiger partial charge in [-0.05, 0) is 26.2 Å². The molecule has 1 aliphatic carbocycles. The van der Waals surface area contributed by atoms with Crippen LogP contribution in [0.15, 0.2) is 6.33 Å². The van der Waals surface area contributed by atoms with Gasteiger partial charge in [-0.15, -0.1) is 0 Å². The van der Waals surface area contributed by atoms with Gasteiger partial charge in [0.25, 0.3) is 0 Å². The van der Waals surface area contributed by atoms with E-state index in [1.54, 1.807) is 5.69 Å². The van der Waals surface area contributed by atoms with E-state index in [1.807, 2.05) is 0 Å². The zero-order chi connectivity index (χ0) is 10.3. The first kappa shape index (κ1) is 9.75. The molecule has 0 amide bonds. The molecule has 14 heavy (non-hydrogen) atoms. The van der Waals surface area contributed by atoms with Crippen LogP contribution in [0, 0.1) is 5.92 Å². The monoisotopic (exact) mass is 193 g/mol. The summed E-state index contributed by atoms with van der Waals surface area (Å²) >= 11 is 0. The molecule has 0 aliphatic heterocycles. The molecule has 0 radical (unpaired) electrons. The van der Waals surface area contributed by atoms with Crippen LogP contribution in [0.25, 0.3) is 0 Å². The second kappa shape index (κ2) is 3.41. The molecule has 1 aromatic heterocycles. The first-order valence-electron chi connectivity index (χ1n) is 5.72. The number of aromatic nitrogens is 2. The second-order valence-corrected chi connectivity index (χ2v) is 5.02. The molecule has 1 aromatic rings. The van der Waals surface area contributed by atoms with E-state index in [9.17, 15) is 0 Å². The quantitative estimate of drug-likeness (QED) is 0.697. The minimum Gasteiger partial charge on any atom is -0.247 e. The average molecular weight is 193 g/mol. The maximum atomic E-state index is 3.46. The maximum absolute atomic E-state index is 3.46. The first-order chi connectivity index (χ1) is 6.61. The molecule has 1 N–H and O–H groups in total. The number of hydrogen-bond donors (Lipinski definition) is 1. The number of H-pyrrole nitrogens is 1. The molecule has 78 valence electrons. The zero-order valence-corrected chi connectivity index (χ0v) is 9.67. The van der Waals surface area contributed by atoms with Crippen LogP contribution < -0.4 is 4.57 Å². The van der Waals surface area contributed by atoms with Crippen molar-refractivity contribution < 1.29 is 4.57 Å². The third-order valence-corrected chi connectivity index (χ3v) is 3.41. The SMILES string of the molecule is CC(C)C1CCc2c1[nH]c[n+]2C(C)C. The molecule has 0 spiro atoms. The summed E-state index contributed by atoms with van der Waals surface area (Å²) in [6, 6.07) is 0.584. The van der Waals surface area contributed by atoms with Crippen LogP contribution in [0.3, 0.4) is 0 Å². The Balaban J connectivity index is 2.34. The van der Waals surface area contributed by atoms with E-state index in [4.69, 9.17) is 0 Å². The van der Waals surface area contributed by atoms with Crippen molar-refractivity contribution in [1.82, 2.24) is 4.98 Å². The summed E-state index contributed by atoms with van der Waals surface area (Å²) in [7, 11) is 0. The predicted octanol–water partition coefficient (Wildman–Crippen LogP) is 2.57. The predicted molar refractivity (Wildman–Crippen MR) is 57.3 cm³/mol. The van der Waals surface area contributed by atoms with Gasteiger partial charge in [-0.25, -0.2) is 9.55 Å². The van der Waals surface area contributed by atoms with Crippen LogP contribution in [0.1, 0.15) is 57.5 Å². The van der Waals surface area contributed by atoms with Gasteiger partial charge in [0.2, 0.25) is 6.33 Å². The summed E-state index contributed by atoms with van der Waals surface area (Å²) in [5.74, 6) is 1.51. The Hall–Kier alpha value is -0.790. The molecular weight excluding hydrogens is 172 g/mol. The minimum atomic E-state index is 0.584. The molecule has 0 aromatic carbocycles. The van der Waals surface area contributed by atoms with Gasteiger partial charge >= 0.3 is 0 Å². The topological polar surface area (TPSA) is 19.7 Å². The fourth-order valence-corrected chi connectivity index (χ4v) is 2.59. The number of nitrogens with zero attached hydrogens (tertiary/aromatic N) is 1. The number of nitrogens with one attached hydrogen (secondary N) is 1. The van der Waals surface area contributed by atoms with Gasteiger partial charge in [-0.3, -0.25) is 0 Å². The van der Waals surface area contributed by atoms with Crippen LogP contribution in [0.2, 0.25) is 0 Å². The molecule has 0 saturated carbocycles. The van der Waals surface area contributed by atoms with Crippen LogP contribution in [0.4, 0.5) is 0 Å². The summed E-state index contributed by atoms with van der Waals surface area (Å²) in [5.41, 5.74) is 3.03. The lowest BCUT2D eigenvalue weighted by Gasteiger charge is -2.10. The minimum absolute atomic E-state index is 0.584. The van der Waals surface area contributed by atoms with Crippen LogP contribution in [0.5, 0.6) is 0 Å². The molecule has 1 unspecified atom stereocenters. The van der Waals surface area contributed by atoms with Gasteiger partial charge < -0.3 is 0 Å². The Morgan fingerprint density at radius 3 is 2.64 bits per heavy atom. The van der Waals surface area contributed by atoms with Crippen LogP contribution in [-0.2, 0) is 6.42 Å². The molecule has 2 heteroatoms. The number of aromatic amines is 1. The van der Waals surface area contributed by atoms with E-state index < -0.39 is 0 Å². The summed E-state index contributed by atoms with van der Waals surface area (Å²) in [4.78, 5) is 3.46. The van der Waals surface area contributed by atoms with Gasteiger partial charge in [0, 0.05) is 12.3 Å². The molecule has 1 heterocycles. The van der Waals surface area contributed by atoms with Crippen molar-refractivity contribution in [1.29, 1.82) is 0 Å². The fourth-order valence-electron chi connectivity index (χ4n) is 2.59. The zero-order valence-electron chi connectivity index (χ0n) is 9.67. The fraction of sp³-hybridized carbons (Fsp3) is 0.750. The highest BCUT2D eigenvalue weighted by molar-refractivity contribution is 5.19. The van der Waals surface area contributed by atoms with Crippen molar-refractivity contribution in [2.75, 3.05) is 0 Å². The van der Waals surface area contributed by atoms with Crippen LogP contribution >= 0.6 is 0 Å². The number of hydrogen-bond acceptors (Lipinski definition) is 0. The van der Waals surface area contributed by atoms with Crippen molar-refractivity contribution in [3.05, 3.63) is 17.7 Å². The van der Waals surface area contributed by atoms with Crippen molar-refractivity contribution in [3.8, 4) is 0 Å². The Labute approximate surface area is 86.3 Å². The Kier molecular flexibility index (Phi) is 2.38. The summed E-state index contributed by atoms with van der Waals surface area (Å²) in [5, 5.41) is 0. The van der Waals surface area contributed by atoms with Gasteiger partial charge in [-0.1, -0.05) is 13.8 Å². The van der Waals surface area contributed by atoms with Crippen molar-refractivity contribution >= 4 is 0 Å². The van der Waals surface area contributed by atoms with E-state index in [2.05, 4.69) is 43.6 Å². The third-order valence-electron chi connectivity index (χ3n) is 3.41. The molecule has 0 saturated heterocycles. The smallest absolute Gasteiger partial charge is 0.242 e. The molecule has 1 atom stereocenters. The van der Waals surface area contributed by atoms with E-state index >= 15 is 0 Å². The van der Waals surface area contributed by atoms with E-state index in [-0.39, 0.29) is 0 Å². The molecule has 0 fully saturated rings. The Morgan fingerprint density at radius 2 is 2.07 bits per heavy atom. The number of fused-ring (bicyclic) bond motifs is 1. The first-order valence-corrected chi connectivity index (χ1v) is 5.72. The maximum Gasteiger partial charge on any atom is 0.242 e. The van der Waals surface area contributed by atoms with Gasteiger partial charge in [0.05, 0.1) is 6.04 Å². The van der Waals surface area contributed by atoms with Crippen molar-refractivity contribution in [3.63, 3.8) is 0 Å². The standard InChI is InChI=1S/C12H20N2/c1-8(2)10-5-6-11-12(10)13-7-14(11)9(3)4/h7-10H,5-6H2,1-4H3/p+1. The molecule has 2 nitrogen and oxygen atoms in total. The van der Waals surface area contributed by atoms with E-state index in [0.717, 1.165) is 11.8 Å². The molecule has 2 rings (SSSR count). The summed E-state index contributed by atoms with van der Waals surface area (Å²) < 4.78 is 2.39. The number of imidazole rings is 1. The van der Waals surface area contributed by atoms with Gasteiger partial charge in [-0.2, -0.15) is 0 Å². The lowest BCUT2D eigenvalue weighted by atomic mass is 9.94. The summed E-state index contributed by atoms with van der Waals surface area (Å²) in [6.45, 7) is 9.13. The van der Waals surface area contributed by atoms with E-state index in [0.29, 0.717) is 6.04 Å². The molecular formula is C12H21N2+. The Bertz CT molecular complexity index is 323. The normalized spacial score (nSPS) is 20.9. The highest BCUT2D eigenvalue weighted by Gasteiger charge is 2.34. The van der Waals surface area contributed by atoms with E-state index in [1.165, 1.54) is 18.5 Å².